The molecule has 1 saturated heterocycles. The first kappa shape index (κ1) is 9.97. The van der Waals surface area contributed by atoms with Gasteiger partial charge in [-0.05, 0) is 32.4 Å². The number of aryl methyl sites for hydroxylation is 2. The highest BCUT2D eigenvalue weighted by Crippen LogP contribution is 2.26. The molecule has 14 heavy (non-hydrogen) atoms. The Hall–Kier alpha value is -0.570. The average Bonchev–Trinajstić information content (AvgIpc) is 2.67. The molecule has 0 aromatic carbocycles. The van der Waals surface area contributed by atoms with E-state index in [1.54, 1.807) is 0 Å². The van der Waals surface area contributed by atoms with E-state index in [9.17, 15) is 0 Å². The molecule has 0 spiro atoms. The zero-order valence-corrected chi connectivity index (χ0v) is 9.90. The highest BCUT2D eigenvalue weighted by atomic mass is 32.2. The third-order valence-corrected chi connectivity index (χ3v) is 4.14. The summed E-state index contributed by atoms with van der Waals surface area (Å²) in [5.41, 5.74) is 6.18. The fraction of sp³-hybridized carbons (Fsp3) is 0.636. The lowest BCUT2D eigenvalue weighted by Crippen LogP contribution is -2.29. The summed E-state index contributed by atoms with van der Waals surface area (Å²) in [5.74, 6) is 1.23. The number of hydrogen-bond donors (Lipinski definition) is 1. The van der Waals surface area contributed by atoms with Crippen LogP contribution in [0.5, 0.6) is 0 Å². The van der Waals surface area contributed by atoms with Crippen molar-refractivity contribution in [3.8, 4) is 0 Å². The number of hydrogen-bond acceptors (Lipinski definition) is 2. The second-order valence-corrected chi connectivity index (χ2v) is 5.63. The quantitative estimate of drug-likeness (QED) is 0.808. The third kappa shape index (κ3) is 1.92. The Kier molecular flexibility index (Phi) is 2.77. The van der Waals surface area contributed by atoms with Crippen LogP contribution in [0.15, 0.2) is 12.1 Å². The Bertz CT molecular complexity index is 300. The van der Waals surface area contributed by atoms with Gasteiger partial charge >= 0.3 is 0 Å². The maximum absolute atomic E-state index is 3.58. The Labute approximate surface area is 90.0 Å². The molecule has 78 valence electrons. The summed E-state index contributed by atoms with van der Waals surface area (Å²) in [4.78, 5) is 0. The molecule has 2 nitrogen and oxygen atoms in total. The van der Waals surface area contributed by atoms with Crippen LogP contribution in [-0.2, 0) is 0 Å². The molecular weight excluding hydrogens is 192 g/mol. The van der Waals surface area contributed by atoms with Gasteiger partial charge in [-0.15, -0.1) is 0 Å². The lowest BCUT2D eigenvalue weighted by atomic mass is 10.2. The van der Waals surface area contributed by atoms with Crippen LogP contribution in [0, 0.1) is 13.8 Å². The smallest absolute Gasteiger partial charge is 0.0525 e. The fourth-order valence-corrected chi connectivity index (χ4v) is 3.10. The van der Waals surface area contributed by atoms with Crippen molar-refractivity contribution in [3.05, 3.63) is 23.5 Å². The zero-order valence-electron chi connectivity index (χ0n) is 9.08. The Morgan fingerprint density at radius 2 is 2.00 bits per heavy atom. The summed E-state index contributed by atoms with van der Waals surface area (Å²) in [6.07, 6.45) is 1.28. The predicted molar refractivity (Wildman–Crippen MR) is 63.6 cm³/mol. The second kappa shape index (κ2) is 3.89. The van der Waals surface area contributed by atoms with Crippen molar-refractivity contribution in [2.75, 3.05) is 11.2 Å². The van der Waals surface area contributed by atoms with Gasteiger partial charge in [-0.3, -0.25) is 4.68 Å². The summed E-state index contributed by atoms with van der Waals surface area (Å²) in [6.45, 7) is 6.60. The largest absolute Gasteiger partial charge is 0.322 e. The molecule has 2 heterocycles. The van der Waals surface area contributed by atoms with Crippen molar-refractivity contribution < 1.29 is 0 Å². The minimum atomic E-state index is 0.639. The van der Waals surface area contributed by atoms with Gasteiger partial charge in [0.1, 0.15) is 0 Å². The van der Waals surface area contributed by atoms with Crippen LogP contribution in [0.2, 0.25) is 0 Å². The molecule has 1 N–H and O–H groups in total. The van der Waals surface area contributed by atoms with Gasteiger partial charge in [0.05, 0.1) is 6.04 Å². The van der Waals surface area contributed by atoms with Gasteiger partial charge in [0.15, 0.2) is 0 Å². The first-order chi connectivity index (χ1) is 6.66. The Balaban J connectivity index is 2.04. The fourth-order valence-electron chi connectivity index (χ4n) is 1.96. The molecule has 2 atom stereocenters. The van der Waals surface area contributed by atoms with Crippen LogP contribution in [0.1, 0.15) is 24.7 Å². The average molecular weight is 210 g/mol. The van der Waals surface area contributed by atoms with Gasteiger partial charge in [-0.2, -0.15) is 11.8 Å². The van der Waals surface area contributed by atoms with Crippen LogP contribution in [0.4, 0.5) is 0 Å². The molecule has 2 rings (SSSR count). The summed E-state index contributed by atoms with van der Waals surface area (Å²) in [6, 6.07) is 4.96. The van der Waals surface area contributed by atoms with Crippen molar-refractivity contribution in [1.82, 2.24) is 4.68 Å². The molecule has 0 saturated carbocycles. The van der Waals surface area contributed by atoms with Gasteiger partial charge in [-0.25, -0.2) is 0 Å². The molecule has 0 aliphatic carbocycles. The molecule has 1 aromatic rings. The zero-order chi connectivity index (χ0) is 10.1. The second-order valence-electron chi connectivity index (χ2n) is 4.16. The van der Waals surface area contributed by atoms with Crippen molar-refractivity contribution in [2.45, 2.75) is 38.5 Å². The molecule has 1 aliphatic rings. The van der Waals surface area contributed by atoms with Crippen LogP contribution in [-0.4, -0.2) is 21.7 Å². The molecular formula is C11H18N2S. The number of rotatable bonds is 2. The predicted octanol–water partition coefficient (Wildman–Crippen LogP) is 2.54. The standard InChI is InChI=1S/C11H18N2S/c1-8-4-5-9(2)13(8)12-11-6-10(3)14-7-11/h4-5,10-12H,6-7H2,1-3H3. The summed E-state index contributed by atoms with van der Waals surface area (Å²) < 4.78 is 2.21. The molecule has 1 aromatic heterocycles. The van der Waals surface area contributed by atoms with E-state index < -0.39 is 0 Å². The molecule has 0 amide bonds. The summed E-state index contributed by atoms with van der Waals surface area (Å²) >= 11 is 2.06. The third-order valence-electron chi connectivity index (χ3n) is 2.78. The van der Waals surface area contributed by atoms with Crippen LogP contribution in [0.3, 0.4) is 0 Å². The lowest BCUT2D eigenvalue weighted by Gasteiger charge is -2.18. The van der Waals surface area contributed by atoms with Gasteiger partial charge in [0.2, 0.25) is 0 Å². The van der Waals surface area contributed by atoms with Crippen LogP contribution < -0.4 is 5.43 Å². The van der Waals surface area contributed by atoms with Crippen LogP contribution >= 0.6 is 11.8 Å². The minimum Gasteiger partial charge on any atom is -0.322 e. The van der Waals surface area contributed by atoms with E-state index in [2.05, 4.69) is 54.8 Å². The topological polar surface area (TPSA) is 17.0 Å². The summed E-state index contributed by atoms with van der Waals surface area (Å²) in [5, 5.41) is 0.809. The van der Waals surface area contributed by atoms with E-state index in [0.717, 1.165) is 5.25 Å². The van der Waals surface area contributed by atoms with Crippen molar-refractivity contribution in [2.24, 2.45) is 0 Å². The molecule has 0 radical (unpaired) electrons. The highest BCUT2D eigenvalue weighted by Gasteiger charge is 2.22. The van der Waals surface area contributed by atoms with E-state index in [-0.39, 0.29) is 0 Å². The number of thioether (sulfide) groups is 1. The number of nitrogens with one attached hydrogen (secondary N) is 1. The first-order valence-electron chi connectivity index (χ1n) is 5.20. The minimum absolute atomic E-state index is 0.639. The molecule has 0 bridgehead atoms. The summed E-state index contributed by atoms with van der Waals surface area (Å²) in [7, 11) is 0. The Morgan fingerprint density at radius 3 is 2.50 bits per heavy atom. The van der Waals surface area contributed by atoms with Crippen molar-refractivity contribution >= 4 is 11.8 Å². The van der Waals surface area contributed by atoms with Gasteiger partial charge < -0.3 is 5.43 Å². The monoisotopic (exact) mass is 210 g/mol. The Morgan fingerprint density at radius 1 is 1.36 bits per heavy atom. The van der Waals surface area contributed by atoms with Crippen molar-refractivity contribution in [3.63, 3.8) is 0 Å². The van der Waals surface area contributed by atoms with E-state index in [1.807, 2.05) is 0 Å². The molecule has 3 heteroatoms. The SMILES string of the molecule is Cc1ccc(C)n1NC1CSC(C)C1. The van der Waals surface area contributed by atoms with Gasteiger partial charge in [0, 0.05) is 22.4 Å². The van der Waals surface area contributed by atoms with E-state index in [1.165, 1.54) is 23.6 Å². The normalized spacial score (nSPS) is 26.8. The molecule has 2 unspecified atom stereocenters. The van der Waals surface area contributed by atoms with Gasteiger partial charge in [0.25, 0.3) is 0 Å². The number of nitrogens with zero attached hydrogens (tertiary/aromatic N) is 1. The maximum atomic E-state index is 3.58. The van der Waals surface area contributed by atoms with Gasteiger partial charge in [-0.1, -0.05) is 6.92 Å². The first-order valence-corrected chi connectivity index (χ1v) is 6.25. The van der Waals surface area contributed by atoms with Crippen LogP contribution in [0.25, 0.3) is 0 Å². The van der Waals surface area contributed by atoms with E-state index in [4.69, 9.17) is 0 Å². The highest BCUT2D eigenvalue weighted by molar-refractivity contribution is 8.00. The molecule has 1 aliphatic heterocycles. The molecule has 1 fully saturated rings. The lowest BCUT2D eigenvalue weighted by molar-refractivity contribution is 0.647. The number of aromatic nitrogens is 1. The van der Waals surface area contributed by atoms with E-state index >= 15 is 0 Å². The van der Waals surface area contributed by atoms with E-state index in [0.29, 0.717) is 6.04 Å². The van der Waals surface area contributed by atoms with Crippen molar-refractivity contribution in [1.29, 1.82) is 0 Å². The maximum Gasteiger partial charge on any atom is 0.0525 e.